The van der Waals surface area contributed by atoms with Crippen LogP contribution >= 0.6 is 0 Å². The van der Waals surface area contributed by atoms with Gasteiger partial charge in [-0.2, -0.15) is 4.98 Å². The monoisotopic (exact) mass is 223 g/mol. The SMILES string of the molecule is COCc1noc([C@]23CCC[C@H]2NCC3)n1. The van der Waals surface area contributed by atoms with Gasteiger partial charge in [0.2, 0.25) is 5.89 Å². The first kappa shape index (κ1) is 10.2. The molecule has 1 aromatic heterocycles. The minimum Gasteiger partial charge on any atom is -0.377 e. The quantitative estimate of drug-likeness (QED) is 0.828. The second-order valence-corrected chi connectivity index (χ2v) is 4.75. The van der Waals surface area contributed by atoms with Gasteiger partial charge in [-0.1, -0.05) is 11.6 Å². The van der Waals surface area contributed by atoms with Crippen molar-refractivity contribution in [3.05, 3.63) is 11.7 Å². The molecule has 5 nitrogen and oxygen atoms in total. The van der Waals surface area contributed by atoms with Gasteiger partial charge < -0.3 is 14.6 Å². The molecule has 0 unspecified atom stereocenters. The third-order valence-electron chi connectivity index (χ3n) is 3.91. The van der Waals surface area contributed by atoms with Crippen molar-refractivity contribution in [2.75, 3.05) is 13.7 Å². The fraction of sp³-hybridized carbons (Fsp3) is 0.818. The Morgan fingerprint density at radius 1 is 1.56 bits per heavy atom. The van der Waals surface area contributed by atoms with Crippen LogP contribution in [0.15, 0.2) is 4.52 Å². The third kappa shape index (κ3) is 1.38. The molecule has 2 atom stereocenters. The van der Waals surface area contributed by atoms with Gasteiger partial charge in [0.1, 0.15) is 6.61 Å². The van der Waals surface area contributed by atoms with Crippen LogP contribution < -0.4 is 5.32 Å². The summed E-state index contributed by atoms with van der Waals surface area (Å²) in [6.45, 7) is 1.49. The van der Waals surface area contributed by atoms with Gasteiger partial charge in [-0.25, -0.2) is 0 Å². The molecule has 16 heavy (non-hydrogen) atoms. The molecule has 0 bridgehead atoms. The lowest BCUT2D eigenvalue weighted by atomic mass is 9.82. The second-order valence-electron chi connectivity index (χ2n) is 4.75. The fourth-order valence-corrected chi connectivity index (χ4v) is 3.15. The summed E-state index contributed by atoms with van der Waals surface area (Å²) in [6.07, 6.45) is 4.76. The van der Waals surface area contributed by atoms with Crippen LogP contribution in [0.1, 0.15) is 37.4 Å². The van der Waals surface area contributed by atoms with Gasteiger partial charge in [0.25, 0.3) is 0 Å². The standard InChI is InChI=1S/C11H17N3O2/c1-15-7-9-13-10(16-14-9)11-4-2-3-8(11)12-6-5-11/h8,12H,2-7H2,1H3/t8-,11+/m1/s1. The number of nitrogens with one attached hydrogen (secondary N) is 1. The average Bonchev–Trinajstić information content (AvgIpc) is 2.88. The van der Waals surface area contributed by atoms with Crippen LogP contribution in [-0.2, 0) is 16.8 Å². The van der Waals surface area contributed by atoms with Crippen LogP contribution in [-0.4, -0.2) is 29.8 Å². The summed E-state index contributed by atoms with van der Waals surface area (Å²) >= 11 is 0. The van der Waals surface area contributed by atoms with E-state index in [1.165, 1.54) is 19.3 Å². The Morgan fingerprint density at radius 2 is 2.50 bits per heavy atom. The summed E-state index contributed by atoms with van der Waals surface area (Å²) in [7, 11) is 1.64. The lowest BCUT2D eigenvalue weighted by Gasteiger charge is -2.23. The Hall–Kier alpha value is -0.940. The van der Waals surface area contributed by atoms with E-state index in [1.54, 1.807) is 7.11 Å². The Kier molecular flexibility index (Phi) is 2.44. The Balaban J connectivity index is 1.89. The van der Waals surface area contributed by atoms with Crippen LogP contribution in [0, 0.1) is 0 Å². The number of ether oxygens (including phenoxy) is 1. The zero-order valence-electron chi connectivity index (χ0n) is 9.53. The fourth-order valence-electron chi connectivity index (χ4n) is 3.15. The van der Waals surface area contributed by atoms with E-state index in [4.69, 9.17) is 9.26 Å². The first-order valence-corrected chi connectivity index (χ1v) is 5.90. The zero-order chi connectivity index (χ0) is 11.0. The highest BCUT2D eigenvalue weighted by molar-refractivity contribution is 5.18. The number of rotatable bonds is 3. The van der Waals surface area contributed by atoms with Crippen LogP contribution in [0.3, 0.4) is 0 Å². The molecular formula is C11H17N3O2. The summed E-state index contributed by atoms with van der Waals surface area (Å²) < 4.78 is 10.4. The maximum atomic E-state index is 5.42. The van der Waals surface area contributed by atoms with Crippen molar-refractivity contribution in [1.82, 2.24) is 15.5 Å². The molecule has 2 fully saturated rings. The highest BCUT2D eigenvalue weighted by Crippen LogP contribution is 2.45. The van der Waals surface area contributed by atoms with Crippen LogP contribution in [0.4, 0.5) is 0 Å². The topological polar surface area (TPSA) is 60.2 Å². The molecule has 0 spiro atoms. The second kappa shape index (κ2) is 3.82. The molecule has 0 aromatic carbocycles. The van der Waals surface area contributed by atoms with E-state index in [1.807, 2.05) is 0 Å². The molecular weight excluding hydrogens is 206 g/mol. The molecule has 2 aliphatic rings. The van der Waals surface area contributed by atoms with Gasteiger partial charge in [-0.05, 0) is 25.8 Å². The normalized spacial score (nSPS) is 33.2. The van der Waals surface area contributed by atoms with Crippen molar-refractivity contribution in [2.45, 2.75) is 43.7 Å². The van der Waals surface area contributed by atoms with E-state index in [9.17, 15) is 0 Å². The minimum atomic E-state index is 0.110. The molecule has 1 saturated carbocycles. The number of aromatic nitrogens is 2. The van der Waals surface area contributed by atoms with Gasteiger partial charge >= 0.3 is 0 Å². The summed E-state index contributed by atoms with van der Waals surface area (Å²) in [5, 5.41) is 7.51. The van der Waals surface area contributed by atoms with E-state index in [-0.39, 0.29) is 5.41 Å². The predicted molar refractivity (Wildman–Crippen MR) is 56.9 cm³/mol. The molecule has 1 saturated heterocycles. The highest BCUT2D eigenvalue weighted by atomic mass is 16.5. The van der Waals surface area contributed by atoms with Gasteiger partial charge in [0, 0.05) is 13.2 Å². The minimum absolute atomic E-state index is 0.110. The summed E-state index contributed by atoms with van der Waals surface area (Å²) in [4.78, 5) is 4.47. The zero-order valence-corrected chi connectivity index (χ0v) is 9.53. The largest absolute Gasteiger partial charge is 0.377 e. The first-order chi connectivity index (χ1) is 7.85. The van der Waals surface area contributed by atoms with E-state index in [2.05, 4.69) is 15.5 Å². The molecule has 1 aromatic rings. The van der Waals surface area contributed by atoms with Gasteiger partial charge in [-0.15, -0.1) is 0 Å². The van der Waals surface area contributed by atoms with Crippen molar-refractivity contribution >= 4 is 0 Å². The average molecular weight is 223 g/mol. The molecule has 88 valence electrons. The Morgan fingerprint density at radius 3 is 3.38 bits per heavy atom. The summed E-state index contributed by atoms with van der Waals surface area (Å²) in [6, 6.07) is 0.531. The van der Waals surface area contributed by atoms with E-state index < -0.39 is 0 Å². The molecule has 5 heteroatoms. The third-order valence-corrected chi connectivity index (χ3v) is 3.91. The van der Waals surface area contributed by atoms with E-state index >= 15 is 0 Å². The number of hydrogen-bond donors (Lipinski definition) is 1. The smallest absolute Gasteiger partial charge is 0.234 e. The van der Waals surface area contributed by atoms with E-state index in [0.717, 1.165) is 18.9 Å². The summed E-state index contributed by atoms with van der Waals surface area (Å²) in [5.41, 5.74) is 0.110. The number of methoxy groups -OCH3 is 1. The van der Waals surface area contributed by atoms with Crippen LogP contribution in [0.5, 0.6) is 0 Å². The van der Waals surface area contributed by atoms with Crippen LogP contribution in [0.25, 0.3) is 0 Å². The highest BCUT2D eigenvalue weighted by Gasteiger charge is 2.51. The van der Waals surface area contributed by atoms with Gasteiger partial charge in [0.15, 0.2) is 5.82 Å². The first-order valence-electron chi connectivity index (χ1n) is 5.90. The molecule has 0 amide bonds. The lowest BCUT2D eigenvalue weighted by molar-refractivity contribution is 0.174. The Bertz CT molecular complexity index is 367. The van der Waals surface area contributed by atoms with Crippen LogP contribution in [0.2, 0.25) is 0 Å². The molecule has 3 rings (SSSR count). The molecule has 1 N–H and O–H groups in total. The van der Waals surface area contributed by atoms with Gasteiger partial charge in [0.05, 0.1) is 5.41 Å². The number of fused-ring (bicyclic) bond motifs is 1. The van der Waals surface area contributed by atoms with Gasteiger partial charge in [-0.3, -0.25) is 0 Å². The molecule has 0 radical (unpaired) electrons. The van der Waals surface area contributed by atoms with Crippen molar-refractivity contribution in [3.8, 4) is 0 Å². The maximum Gasteiger partial charge on any atom is 0.234 e. The molecule has 1 aliphatic carbocycles. The van der Waals surface area contributed by atoms with Crippen molar-refractivity contribution < 1.29 is 9.26 Å². The number of nitrogens with zero attached hydrogens (tertiary/aromatic N) is 2. The van der Waals surface area contributed by atoms with Crippen molar-refractivity contribution in [2.24, 2.45) is 0 Å². The predicted octanol–water partition coefficient (Wildman–Crippen LogP) is 1.000. The lowest BCUT2D eigenvalue weighted by Crippen LogP contribution is -2.35. The Labute approximate surface area is 94.6 Å². The molecule has 1 aliphatic heterocycles. The van der Waals surface area contributed by atoms with Crippen molar-refractivity contribution in [3.63, 3.8) is 0 Å². The summed E-state index contributed by atoms with van der Waals surface area (Å²) in [5.74, 6) is 1.47. The van der Waals surface area contributed by atoms with E-state index in [0.29, 0.717) is 18.5 Å². The van der Waals surface area contributed by atoms with Crippen molar-refractivity contribution in [1.29, 1.82) is 0 Å². The number of hydrogen-bond acceptors (Lipinski definition) is 5. The maximum absolute atomic E-state index is 5.42. The molecule has 2 heterocycles.